The number of aromatic nitrogens is 1. The van der Waals surface area contributed by atoms with E-state index in [9.17, 15) is 8.42 Å². The van der Waals surface area contributed by atoms with E-state index < -0.39 is 9.84 Å². The first-order valence-electron chi connectivity index (χ1n) is 8.43. The van der Waals surface area contributed by atoms with Gasteiger partial charge in [-0.3, -0.25) is 4.98 Å². The van der Waals surface area contributed by atoms with Crippen LogP contribution >= 0.6 is 11.6 Å². The predicted octanol–water partition coefficient (Wildman–Crippen LogP) is 5.53. The van der Waals surface area contributed by atoms with Gasteiger partial charge in [-0.2, -0.15) is 0 Å². The second-order valence-electron chi connectivity index (χ2n) is 6.32. The Morgan fingerprint density at radius 3 is 2.26 bits per heavy atom. The van der Waals surface area contributed by atoms with E-state index in [-0.39, 0.29) is 10.6 Å². The number of sulfone groups is 1. The van der Waals surface area contributed by atoms with Gasteiger partial charge in [-0.25, -0.2) is 8.42 Å². The zero-order chi connectivity index (χ0) is 18.9. The Labute approximate surface area is 163 Å². The van der Waals surface area contributed by atoms with Gasteiger partial charge in [0.05, 0.1) is 10.6 Å². The zero-order valence-corrected chi connectivity index (χ0v) is 15.9. The van der Waals surface area contributed by atoms with Crippen molar-refractivity contribution in [3.8, 4) is 11.1 Å². The lowest BCUT2D eigenvalue weighted by atomic mass is 10.0. The third-order valence-corrected chi connectivity index (χ3v) is 6.42. The number of nitrogens with zero attached hydrogens (tertiary/aromatic N) is 1. The number of rotatable bonds is 4. The maximum absolute atomic E-state index is 12.6. The molecule has 0 aliphatic carbocycles. The Balaban J connectivity index is 1.63. The Bertz CT molecular complexity index is 1200. The highest BCUT2D eigenvalue weighted by atomic mass is 35.5. The monoisotopic (exact) mass is 393 g/mol. The van der Waals surface area contributed by atoms with Crippen molar-refractivity contribution in [3.63, 3.8) is 0 Å². The van der Waals surface area contributed by atoms with Gasteiger partial charge in [0.15, 0.2) is 9.84 Å². The molecule has 4 rings (SSSR count). The number of halogens is 1. The highest BCUT2D eigenvalue weighted by Gasteiger charge is 2.15. The van der Waals surface area contributed by atoms with Crippen molar-refractivity contribution in [2.75, 3.05) is 0 Å². The number of hydrogen-bond acceptors (Lipinski definition) is 3. The molecule has 0 amide bonds. The van der Waals surface area contributed by atoms with Crippen LogP contribution in [-0.4, -0.2) is 13.4 Å². The van der Waals surface area contributed by atoms with Crippen molar-refractivity contribution in [1.29, 1.82) is 0 Å². The van der Waals surface area contributed by atoms with Crippen LogP contribution in [0.25, 0.3) is 21.9 Å². The molecule has 0 fully saturated rings. The number of fused-ring (bicyclic) bond motifs is 1. The molecule has 0 radical (unpaired) electrons. The van der Waals surface area contributed by atoms with Crippen molar-refractivity contribution >= 4 is 32.2 Å². The average molecular weight is 394 g/mol. The molecule has 0 spiro atoms. The van der Waals surface area contributed by atoms with E-state index in [1.165, 1.54) is 12.1 Å². The first-order valence-corrected chi connectivity index (χ1v) is 10.5. The molecule has 0 N–H and O–H groups in total. The summed E-state index contributed by atoms with van der Waals surface area (Å²) in [5.41, 5.74) is 2.77. The van der Waals surface area contributed by atoms with Crippen molar-refractivity contribution in [2.24, 2.45) is 0 Å². The molecule has 0 aliphatic heterocycles. The Morgan fingerprint density at radius 2 is 1.52 bits per heavy atom. The van der Waals surface area contributed by atoms with Gasteiger partial charge in [-0.15, -0.1) is 0 Å². The minimum Gasteiger partial charge on any atom is -0.263 e. The van der Waals surface area contributed by atoms with E-state index >= 15 is 0 Å². The molecule has 1 aromatic heterocycles. The lowest BCUT2D eigenvalue weighted by Gasteiger charge is -2.08. The smallest absolute Gasteiger partial charge is 0.182 e. The standard InChI is InChI=1S/C22H16ClNO2S/c23-19-9-11-20(12-10-19)27(25,26)15-16-5-7-17(8-6-16)22-14-24-13-18-3-1-2-4-21(18)22/h1-14H,15H2. The lowest BCUT2D eigenvalue weighted by Crippen LogP contribution is -2.04. The average Bonchev–Trinajstić information content (AvgIpc) is 2.68. The van der Waals surface area contributed by atoms with Crippen LogP contribution in [0.15, 0.2) is 90.1 Å². The van der Waals surface area contributed by atoms with Gasteiger partial charge in [-0.05, 0) is 40.8 Å². The molecule has 0 saturated heterocycles. The third kappa shape index (κ3) is 3.72. The normalized spacial score (nSPS) is 11.6. The first-order chi connectivity index (χ1) is 13.0. The quantitative estimate of drug-likeness (QED) is 0.458. The molecule has 0 bridgehead atoms. The third-order valence-electron chi connectivity index (χ3n) is 4.46. The fourth-order valence-electron chi connectivity index (χ4n) is 3.07. The van der Waals surface area contributed by atoms with E-state index in [0.29, 0.717) is 5.02 Å². The van der Waals surface area contributed by atoms with E-state index in [4.69, 9.17) is 11.6 Å². The van der Waals surface area contributed by atoms with Crippen LogP contribution in [0.4, 0.5) is 0 Å². The summed E-state index contributed by atoms with van der Waals surface area (Å²) in [5.74, 6) is -0.0529. The van der Waals surface area contributed by atoms with Gasteiger partial charge >= 0.3 is 0 Å². The topological polar surface area (TPSA) is 47.0 Å². The van der Waals surface area contributed by atoms with Crippen molar-refractivity contribution in [1.82, 2.24) is 4.98 Å². The van der Waals surface area contributed by atoms with Crippen LogP contribution in [0, 0.1) is 0 Å². The van der Waals surface area contributed by atoms with Crippen LogP contribution in [0.2, 0.25) is 5.02 Å². The molecular formula is C22H16ClNO2S. The van der Waals surface area contributed by atoms with Crippen LogP contribution in [-0.2, 0) is 15.6 Å². The predicted molar refractivity (Wildman–Crippen MR) is 110 cm³/mol. The highest BCUT2D eigenvalue weighted by Crippen LogP contribution is 2.28. The van der Waals surface area contributed by atoms with Crippen LogP contribution < -0.4 is 0 Å². The molecule has 4 aromatic rings. The largest absolute Gasteiger partial charge is 0.263 e. The minimum absolute atomic E-state index is 0.0529. The summed E-state index contributed by atoms with van der Waals surface area (Å²) in [6.07, 6.45) is 3.67. The van der Waals surface area contributed by atoms with Crippen molar-refractivity contribution < 1.29 is 8.42 Å². The van der Waals surface area contributed by atoms with E-state index in [1.807, 2.05) is 54.9 Å². The molecule has 0 aliphatic rings. The van der Waals surface area contributed by atoms with Crippen molar-refractivity contribution in [3.05, 3.63) is 95.8 Å². The van der Waals surface area contributed by atoms with Gasteiger partial charge in [0.2, 0.25) is 0 Å². The molecular weight excluding hydrogens is 378 g/mol. The second-order valence-corrected chi connectivity index (χ2v) is 8.74. The summed E-state index contributed by atoms with van der Waals surface area (Å²) < 4.78 is 25.2. The number of hydrogen-bond donors (Lipinski definition) is 0. The lowest BCUT2D eigenvalue weighted by molar-refractivity contribution is 0.595. The molecule has 3 nitrogen and oxygen atoms in total. The molecule has 5 heteroatoms. The van der Waals surface area contributed by atoms with Gasteiger partial charge in [0.1, 0.15) is 0 Å². The molecule has 0 saturated carbocycles. The maximum Gasteiger partial charge on any atom is 0.182 e. The summed E-state index contributed by atoms with van der Waals surface area (Å²) >= 11 is 5.84. The summed E-state index contributed by atoms with van der Waals surface area (Å²) in [6, 6.07) is 21.9. The number of pyridine rings is 1. The number of benzene rings is 3. The Morgan fingerprint density at radius 1 is 0.815 bits per heavy atom. The maximum atomic E-state index is 12.6. The molecule has 0 atom stereocenters. The first kappa shape index (κ1) is 17.7. The highest BCUT2D eigenvalue weighted by molar-refractivity contribution is 7.90. The fraction of sp³-hybridized carbons (Fsp3) is 0.0455. The van der Waals surface area contributed by atoms with Gasteiger partial charge in [0.25, 0.3) is 0 Å². The van der Waals surface area contributed by atoms with E-state index in [2.05, 4.69) is 11.1 Å². The van der Waals surface area contributed by atoms with E-state index in [0.717, 1.165) is 27.5 Å². The van der Waals surface area contributed by atoms with Crippen LogP contribution in [0.3, 0.4) is 0 Å². The van der Waals surface area contributed by atoms with Gasteiger partial charge in [-0.1, -0.05) is 60.1 Å². The van der Waals surface area contributed by atoms with Gasteiger partial charge < -0.3 is 0 Å². The summed E-state index contributed by atoms with van der Waals surface area (Å²) in [7, 11) is -3.41. The van der Waals surface area contributed by atoms with Crippen molar-refractivity contribution in [2.45, 2.75) is 10.6 Å². The molecule has 134 valence electrons. The molecule has 1 heterocycles. The van der Waals surface area contributed by atoms with Gasteiger partial charge in [0, 0.05) is 28.4 Å². The Hall–Kier alpha value is -2.69. The van der Waals surface area contributed by atoms with E-state index in [1.54, 1.807) is 12.1 Å². The summed E-state index contributed by atoms with van der Waals surface area (Å²) in [4.78, 5) is 4.58. The van der Waals surface area contributed by atoms with Crippen LogP contribution in [0.1, 0.15) is 5.56 Å². The summed E-state index contributed by atoms with van der Waals surface area (Å²) in [6.45, 7) is 0. The molecule has 3 aromatic carbocycles. The fourth-order valence-corrected chi connectivity index (χ4v) is 4.55. The minimum atomic E-state index is -3.41. The molecule has 27 heavy (non-hydrogen) atoms. The van der Waals surface area contributed by atoms with Crippen LogP contribution in [0.5, 0.6) is 0 Å². The summed E-state index contributed by atoms with van der Waals surface area (Å²) in [5, 5.41) is 2.71. The second kappa shape index (κ2) is 7.14. The Kier molecular flexibility index (Phi) is 4.68. The zero-order valence-electron chi connectivity index (χ0n) is 14.3. The SMILES string of the molecule is O=S(=O)(Cc1ccc(-c2cncc3ccccc23)cc1)c1ccc(Cl)cc1. The molecule has 0 unspecified atom stereocenters.